The second-order valence-corrected chi connectivity index (χ2v) is 8.61. The summed E-state index contributed by atoms with van der Waals surface area (Å²) in [6.45, 7) is 8.48. The molecule has 0 unspecified atom stereocenters. The number of amides is 1. The molecule has 1 aromatic rings. The number of carbonyl (C=O) groups excluding carboxylic acids is 1. The highest BCUT2D eigenvalue weighted by Crippen LogP contribution is 2.27. The van der Waals surface area contributed by atoms with Crippen LogP contribution in [-0.4, -0.2) is 35.7 Å². The summed E-state index contributed by atoms with van der Waals surface area (Å²) in [7, 11) is 0. The summed E-state index contributed by atoms with van der Waals surface area (Å²) in [5.74, 6) is 0. The van der Waals surface area contributed by atoms with E-state index in [4.69, 9.17) is 4.74 Å². The van der Waals surface area contributed by atoms with Crippen molar-refractivity contribution in [2.75, 3.05) is 13.1 Å². The van der Waals surface area contributed by atoms with E-state index in [1.807, 2.05) is 26.8 Å². The van der Waals surface area contributed by atoms with E-state index in [9.17, 15) is 4.79 Å². The fourth-order valence-corrected chi connectivity index (χ4v) is 3.87. The zero-order valence-electron chi connectivity index (χ0n) is 13.9. The lowest BCUT2D eigenvalue weighted by Crippen LogP contribution is -2.45. The number of carbonyl (C=O) groups is 1. The van der Waals surface area contributed by atoms with Gasteiger partial charge in [0.15, 0.2) is 0 Å². The first-order chi connectivity index (χ1) is 10.7. The van der Waals surface area contributed by atoms with Crippen LogP contribution in [0.15, 0.2) is 27.1 Å². The number of hydrogen-bond acceptors (Lipinski definition) is 3. The van der Waals surface area contributed by atoms with Gasteiger partial charge in [-0.1, -0.05) is 37.9 Å². The Balaban J connectivity index is 1.81. The quantitative estimate of drug-likeness (QED) is 0.729. The molecule has 1 fully saturated rings. The Kier molecular flexibility index (Phi) is 6.51. The van der Waals surface area contributed by atoms with Crippen LogP contribution in [0.4, 0.5) is 4.79 Å². The zero-order valence-corrected chi connectivity index (χ0v) is 17.0. The van der Waals surface area contributed by atoms with Crippen LogP contribution < -0.4 is 5.32 Å². The summed E-state index contributed by atoms with van der Waals surface area (Å²) in [6.07, 6.45) is 1.58. The van der Waals surface area contributed by atoms with Crippen molar-refractivity contribution in [1.29, 1.82) is 0 Å². The van der Waals surface area contributed by atoms with Crippen molar-refractivity contribution in [3.05, 3.63) is 32.7 Å². The van der Waals surface area contributed by atoms with Gasteiger partial charge in [0, 0.05) is 34.6 Å². The molecule has 0 aliphatic carbocycles. The maximum absolute atomic E-state index is 11.8. The third kappa shape index (κ3) is 6.08. The third-order valence-electron chi connectivity index (χ3n) is 3.75. The van der Waals surface area contributed by atoms with Gasteiger partial charge in [-0.05, 0) is 51.3 Å². The lowest BCUT2D eigenvalue weighted by molar-refractivity contribution is 0.0477. The van der Waals surface area contributed by atoms with Crippen LogP contribution in [0.1, 0.15) is 39.2 Å². The minimum atomic E-state index is -0.448. The van der Waals surface area contributed by atoms with Crippen molar-refractivity contribution in [2.45, 2.75) is 51.8 Å². The Hall–Kier alpha value is -0.590. The van der Waals surface area contributed by atoms with Crippen LogP contribution in [0.5, 0.6) is 0 Å². The molecule has 0 atom stereocenters. The number of alkyl carbamates (subject to hydrolysis) is 1. The molecule has 1 saturated heterocycles. The van der Waals surface area contributed by atoms with Gasteiger partial charge in [-0.15, -0.1) is 0 Å². The van der Waals surface area contributed by atoms with E-state index in [0.717, 1.165) is 41.4 Å². The number of rotatable bonds is 3. The van der Waals surface area contributed by atoms with E-state index in [2.05, 4.69) is 54.2 Å². The molecule has 1 N–H and O–H groups in total. The largest absolute Gasteiger partial charge is 0.444 e. The number of ether oxygens (including phenoxy) is 1. The van der Waals surface area contributed by atoms with Crippen LogP contribution >= 0.6 is 31.9 Å². The predicted octanol–water partition coefficient (Wildman–Crippen LogP) is 4.70. The monoisotopic (exact) mass is 446 g/mol. The maximum Gasteiger partial charge on any atom is 0.407 e. The van der Waals surface area contributed by atoms with Crippen LogP contribution in [0.3, 0.4) is 0 Å². The molecule has 0 aromatic heterocycles. The Morgan fingerprint density at radius 2 is 1.83 bits per heavy atom. The Morgan fingerprint density at radius 1 is 1.26 bits per heavy atom. The van der Waals surface area contributed by atoms with Crippen molar-refractivity contribution in [2.24, 2.45) is 0 Å². The standard InChI is InChI=1S/C17H24Br2N2O2/c1-17(2,3)23-16(22)20-12-7-9-21(10-8-12)11-13-14(18)5-4-6-15(13)19/h4-6,12H,7-11H2,1-3H3,(H,20,22). The van der Waals surface area contributed by atoms with Gasteiger partial charge in [0.05, 0.1) is 0 Å². The van der Waals surface area contributed by atoms with E-state index in [1.165, 1.54) is 5.56 Å². The van der Waals surface area contributed by atoms with Crippen LogP contribution in [-0.2, 0) is 11.3 Å². The summed E-state index contributed by atoms with van der Waals surface area (Å²) in [6, 6.07) is 6.35. The van der Waals surface area contributed by atoms with E-state index in [1.54, 1.807) is 0 Å². The van der Waals surface area contributed by atoms with Crippen LogP contribution in [0, 0.1) is 0 Å². The van der Waals surface area contributed by atoms with Gasteiger partial charge in [-0.25, -0.2) is 4.79 Å². The topological polar surface area (TPSA) is 41.6 Å². The molecule has 0 bridgehead atoms. The summed E-state index contributed by atoms with van der Waals surface area (Å²) < 4.78 is 7.57. The molecule has 4 nitrogen and oxygen atoms in total. The number of benzene rings is 1. The molecule has 0 spiro atoms. The smallest absolute Gasteiger partial charge is 0.407 e. The molecule has 1 aliphatic rings. The second-order valence-electron chi connectivity index (χ2n) is 6.90. The highest BCUT2D eigenvalue weighted by atomic mass is 79.9. The zero-order chi connectivity index (χ0) is 17.0. The lowest BCUT2D eigenvalue weighted by atomic mass is 10.0. The summed E-state index contributed by atoms with van der Waals surface area (Å²) in [5.41, 5.74) is 0.822. The van der Waals surface area contributed by atoms with Gasteiger partial charge in [0.25, 0.3) is 0 Å². The fourth-order valence-electron chi connectivity index (χ4n) is 2.62. The number of likely N-dealkylation sites (tertiary alicyclic amines) is 1. The van der Waals surface area contributed by atoms with Crippen molar-refractivity contribution in [3.8, 4) is 0 Å². The number of nitrogens with one attached hydrogen (secondary N) is 1. The van der Waals surface area contributed by atoms with Gasteiger partial charge in [-0.3, -0.25) is 4.90 Å². The summed E-state index contributed by atoms with van der Waals surface area (Å²) >= 11 is 7.23. The molecule has 1 heterocycles. The molecular formula is C17H24Br2N2O2. The minimum Gasteiger partial charge on any atom is -0.444 e. The molecule has 0 radical (unpaired) electrons. The van der Waals surface area contributed by atoms with Crippen LogP contribution in [0.2, 0.25) is 0 Å². The molecule has 2 rings (SSSR count). The second kappa shape index (κ2) is 7.99. The van der Waals surface area contributed by atoms with Gasteiger partial charge in [0.1, 0.15) is 5.60 Å². The Bertz CT molecular complexity index is 530. The molecule has 0 saturated carbocycles. The number of halogens is 2. The van der Waals surface area contributed by atoms with E-state index < -0.39 is 5.60 Å². The molecule has 6 heteroatoms. The van der Waals surface area contributed by atoms with Crippen molar-refractivity contribution in [1.82, 2.24) is 10.2 Å². The molecule has 23 heavy (non-hydrogen) atoms. The van der Waals surface area contributed by atoms with E-state index in [0.29, 0.717) is 0 Å². The maximum atomic E-state index is 11.8. The first kappa shape index (κ1) is 18.7. The average molecular weight is 448 g/mol. The van der Waals surface area contributed by atoms with E-state index >= 15 is 0 Å². The lowest BCUT2D eigenvalue weighted by Gasteiger charge is -2.33. The third-order valence-corrected chi connectivity index (χ3v) is 5.24. The predicted molar refractivity (Wildman–Crippen MR) is 99.5 cm³/mol. The number of hydrogen-bond donors (Lipinski definition) is 1. The Labute approximate surface area is 155 Å². The molecule has 128 valence electrons. The first-order valence-electron chi connectivity index (χ1n) is 7.89. The number of piperidine rings is 1. The van der Waals surface area contributed by atoms with Crippen molar-refractivity contribution >= 4 is 38.0 Å². The first-order valence-corrected chi connectivity index (χ1v) is 9.48. The minimum absolute atomic E-state index is 0.198. The molecule has 1 aromatic carbocycles. The van der Waals surface area contributed by atoms with Gasteiger partial charge in [0.2, 0.25) is 0 Å². The highest BCUT2D eigenvalue weighted by Gasteiger charge is 2.24. The SMILES string of the molecule is CC(C)(C)OC(=O)NC1CCN(Cc2c(Br)cccc2Br)CC1. The van der Waals surface area contributed by atoms with Gasteiger partial charge in [-0.2, -0.15) is 0 Å². The van der Waals surface area contributed by atoms with Crippen LogP contribution in [0.25, 0.3) is 0 Å². The van der Waals surface area contributed by atoms with Crippen molar-refractivity contribution < 1.29 is 9.53 Å². The van der Waals surface area contributed by atoms with Gasteiger partial charge >= 0.3 is 6.09 Å². The molecule has 1 aliphatic heterocycles. The fraction of sp³-hybridized carbons (Fsp3) is 0.588. The number of nitrogens with zero attached hydrogens (tertiary/aromatic N) is 1. The van der Waals surface area contributed by atoms with Gasteiger partial charge < -0.3 is 10.1 Å². The average Bonchev–Trinajstić information content (AvgIpc) is 2.43. The summed E-state index contributed by atoms with van der Waals surface area (Å²) in [5, 5.41) is 2.98. The highest BCUT2D eigenvalue weighted by molar-refractivity contribution is 9.11. The molecule has 1 amide bonds. The Morgan fingerprint density at radius 3 is 2.35 bits per heavy atom. The normalized spacial score (nSPS) is 17.1. The van der Waals surface area contributed by atoms with Crippen molar-refractivity contribution in [3.63, 3.8) is 0 Å². The van der Waals surface area contributed by atoms with E-state index in [-0.39, 0.29) is 12.1 Å². The molecular weight excluding hydrogens is 424 g/mol. The summed E-state index contributed by atoms with van der Waals surface area (Å²) in [4.78, 5) is 14.2.